The van der Waals surface area contributed by atoms with E-state index >= 15 is 0 Å². The van der Waals surface area contributed by atoms with Crippen molar-refractivity contribution in [2.45, 2.75) is 235 Å². The first-order valence-corrected chi connectivity index (χ1v) is 24.4. The molecule has 2 aliphatic heterocycles. The maximum atomic E-state index is 13.1. The van der Waals surface area contributed by atoms with Crippen molar-refractivity contribution in [3.63, 3.8) is 0 Å². The maximum absolute atomic E-state index is 13.1. The summed E-state index contributed by atoms with van der Waals surface area (Å²) in [5.41, 5.74) is 0. The van der Waals surface area contributed by atoms with E-state index in [2.05, 4.69) is 55.6 Å². The summed E-state index contributed by atoms with van der Waals surface area (Å²) in [6.45, 7) is 2.66. The van der Waals surface area contributed by atoms with Gasteiger partial charge in [-0.3, -0.25) is 4.79 Å². The van der Waals surface area contributed by atoms with Crippen LogP contribution in [0.15, 0.2) is 48.6 Å². The minimum absolute atomic E-state index is 0.255. The molecule has 2 saturated heterocycles. The fourth-order valence-electron chi connectivity index (χ4n) is 7.71. The fraction of sp³-hybridized carbons (Fsp3) is 0.816. The lowest BCUT2D eigenvalue weighted by Crippen LogP contribution is -2.65. The average Bonchev–Trinajstić information content (AvgIpc) is 3.28. The summed E-state index contributed by atoms with van der Waals surface area (Å²) in [7, 11) is 0. The van der Waals surface area contributed by atoms with E-state index in [0.29, 0.717) is 6.42 Å². The van der Waals surface area contributed by atoms with Gasteiger partial charge in [-0.25, -0.2) is 0 Å². The van der Waals surface area contributed by atoms with Gasteiger partial charge in [-0.05, 0) is 57.8 Å². The molecule has 2 rings (SSSR count). The summed E-state index contributed by atoms with van der Waals surface area (Å²) in [5, 5.41) is 86.2. The number of hydrogen-bond acceptors (Lipinski definition) is 13. The Balaban J connectivity index is 1.73. The molecule has 1 amide bonds. The van der Waals surface area contributed by atoms with Gasteiger partial charge in [-0.1, -0.05) is 146 Å². The normalized spacial score (nSPS) is 27.9. The molecule has 0 aromatic rings. The number of rotatable bonds is 36. The summed E-state index contributed by atoms with van der Waals surface area (Å²) in [6, 6.07) is -0.915. The molecule has 14 nitrogen and oxygen atoms in total. The zero-order chi connectivity index (χ0) is 46.1. The highest BCUT2D eigenvalue weighted by molar-refractivity contribution is 5.76. The van der Waals surface area contributed by atoms with Crippen molar-refractivity contribution in [3.05, 3.63) is 48.6 Å². The Labute approximate surface area is 378 Å². The van der Waals surface area contributed by atoms with E-state index in [-0.39, 0.29) is 18.9 Å². The molecular formula is C49H87NO13. The third-order valence-electron chi connectivity index (χ3n) is 11.8. The van der Waals surface area contributed by atoms with E-state index in [1.807, 2.05) is 6.08 Å². The zero-order valence-corrected chi connectivity index (χ0v) is 38.6. The van der Waals surface area contributed by atoms with E-state index in [9.17, 15) is 45.6 Å². The summed E-state index contributed by atoms with van der Waals surface area (Å²) < 4.78 is 22.5. The largest absolute Gasteiger partial charge is 0.394 e. The average molecular weight is 898 g/mol. The van der Waals surface area contributed by atoms with Crippen molar-refractivity contribution < 1.29 is 64.6 Å². The molecular weight excluding hydrogens is 811 g/mol. The van der Waals surface area contributed by atoms with E-state index in [4.69, 9.17) is 18.9 Å². The highest BCUT2D eigenvalue weighted by atomic mass is 16.7. The molecule has 0 saturated carbocycles. The number of allylic oxidation sites excluding steroid dienone is 7. The molecule has 0 aromatic carbocycles. The quantitative estimate of drug-likeness (QED) is 0.0272. The van der Waals surface area contributed by atoms with Gasteiger partial charge in [0.15, 0.2) is 12.6 Å². The Morgan fingerprint density at radius 1 is 0.571 bits per heavy atom. The molecule has 12 unspecified atom stereocenters. The summed E-state index contributed by atoms with van der Waals surface area (Å²) in [4.78, 5) is 13.1. The standard InChI is InChI=1S/C49H87NO13/c1-3-5-7-9-11-12-13-14-15-16-17-18-19-20-21-22-23-24-25-26-27-29-31-33-41(54)50-37(38(53)32-30-28-10-8-6-4-2)36-60-48-46(59)44(57)47(40(35-52)62-48)63-49-45(58)43(56)42(55)39(34-51)61-49/h13-14,16-17,19-20,30,32,37-40,42-49,51-53,55-59H,3-12,15,18,21-29,31,33-36H2,1-2H3,(H,50,54)/b14-13-,17-16-,20-19-,32-30+. The van der Waals surface area contributed by atoms with Crippen LogP contribution in [0.1, 0.15) is 162 Å². The number of ether oxygens (including phenoxy) is 4. The van der Waals surface area contributed by atoms with E-state index < -0.39 is 86.8 Å². The number of aliphatic hydroxyl groups excluding tert-OH is 8. The first-order valence-electron chi connectivity index (χ1n) is 24.4. The third-order valence-corrected chi connectivity index (χ3v) is 11.8. The van der Waals surface area contributed by atoms with Gasteiger partial charge in [-0.15, -0.1) is 0 Å². The lowest BCUT2D eigenvalue weighted by Gasteiger charge is -2.46. The van der Waals surface area contributed by atoms with Crippen molar-refractivity contribution in [2.75, 3.05) is 19.8 Å². The van der Waals surface area contributed by atoms with Crippen molar-refractivity contribution >= 4 is 5.91 Å². The molecule has 0 aromatic heterocycles. The van der Waals surface area contributed by atoms with Gasteiger partial charge in [0.25, 0.3) is 0 Å². The van der Waals surface area contributed by atoms with Crippen molar-refractivity contribution in [1.82, 2.24) is 5.32 Å². The third kappa shape index (κ3) is 23.8. The molecule has 12 atom stereocenters. The molecule has 0 bridgehead atoms. The van der Waals surface area contributed by atoms with Gasteiger partial charge in [0.2, 0.25) is 5.91 Å². The molecule has 0 radical (unpaired) electrons. The zero-order valence-electron chi connectivity index (χ0n) is 38.6. The number of nitrogens with one attached hydrogen (secondary N) is 1. The van der Waals surface area contributed by atoms with Gasteiger partial charge < -0.3 is 65.1 Å². The minimum Gasteiger partial charge on any atom is -0.394 e. The second-order valence-corrected chi connectivity index (χ2v) is 17.2. The number of amides is 1. The van der Waals surface area contributed by atoms with Gasteiger partial charge >= 0.3 is 0 Å². The molecule has 9 N–H and O–H groups in total. The molecule has 2 aliphatic rings. The number of unbranched alkanes of at least 4 members (excludes halogenated alkanes) is 17. The van der Waals surface area contributed by atoms with Crippen LogP contribution in [0.25, 0.3) is 0 Å². The van der Waals surface area contributed by atoms with Crippen LogP contribution >= 0.6 is 0 Å². The summed E-state index contributed by atoms with van der Waals surface area (Å²) >= 11 is 0. The van der Waals surface area contributed by atoms with Crippen LogP contribution in [0.4, 0.5) is 0 Å². The second-order valence-electron chi connectivity index (χ2n) is 17.2. The first-order chi connectivity index (χ1) is 30.6. The lowest BCUT2D eigenvalue weighted by molar-refractivity contribution is -0.359. The Hall–Kier alpha value is -2.05. The Morgan fingerprint density at radius 2 is 1.05 bits per heavy atom. The van der Waals surface area contributed by atoms with Crippen molar-refractivity contribution in [1.29, 1.82) is 0 Å². The van der Waals surface area contributed by atoms with E-state index in [0.717, 1.165) is 70.6 Å². The van der Waals surface area contributed by atoms with Crippen molar-refractivity contribution in [2.24, 2.45) is 0 Å². The van der Waals surface area contributed by atoms with Crippen LogP contribution in [-0.4, -0.2) is 140 Å². The molecule has 0 aliphatic carbocycles. The molecule has 0 spiro atoms. The molecule has 366 valence electrons. The van der Waals surface area contributed by atoms with Crippen LogP contribution in [0.5, 0.6) is 0 Å². The van der Waals surface area contributed by atoms with Crippen molar-refractivity contribution in [3.8, 4) is 0 Å². The van der Waals surface area contributed by atoms with Crippen LogP contribution in [-0.2, 0) is 23.7 Å². The fourth-order valence-corrected chi connectivity index (χ4v) is 7.71. The lowest BCUT2D eigenvalue weighted by atomic mass is 9.97. The maximum Gasteiger partial charge on any atom is 0.220 e. The minimum atomic E-state index is -1.79. The second kappa shape index (κ2) is 36.1. The number of hydrogen-bond donors (Lipinski definition) is 9. The van der Waals surface area contributed by atoms with Crippen LogP contribution < -0.4 is 5.32 Å². The Kier molecular flexibility index (Phi) is 32.7. The smallest absolute Gasteiger partial charge is 0.220 e. The first kappa shape index (κ1) is 57.1. The molecule has 2 heterocycles. The summed E-state index contributed by atoms with van der Waals surface area (Å²) in [5.74, 6) is -0.255. The van der Waals surface area contributed by atoms with Crippen LogP contribution in [0, 0.1) is 0 Å². The van der Waals surface area contributed by atoms with Gasteiger partial charge in [-0.2, -0.15) is 0 Å². The Morgan fingerprint density at radius 3 is 1.62 bits per heavy atom. The molecule has 2 fully saturated rings. The number of carbonyl (C=O) groups is 1. The van der Waals surface area contributed by atoms with E-state index in [1.54, 1.807) is 6.08 Å². The number of carbonyl (C=O) groups excluding carboxylic acids is 1. The van der Waals surface area contributed by atoms with Crippen LogP contribution in [0.3, 0.4) is 0 Å². The van der Waals surface area contributed by atoms with Gasteiger partial charge in [0, 0.05) is 6.42 Å². The topological polar surface area (TPSA) is 228 Å². The van der Waals surface area contributed by atoms with Crippen LogP contribution in [0.2, 0.25) is 0 Å². The van der Waals surface area contributed by atoms with Gasteiger partial charge in [0.1, 0.15) is 48.8 Å². The highest BCUT2D eigenvalue weighted by Crippen LogP contribution is 2.30. The monoisotopic (exact) mass is 898 g/mol. The summed E-state index contributed by atoms with van der Waals surface area (Å²) in [6.07, 6.45) is 24.9. The number of aliphatic hydroxyl groups is 8. The Bertz CT molecular complexity index is 1250. The highest BCUT2D eigenvalue weighted by Gasteiger charge is 2.51. The molecule has 14 heteroatoms. The van der Waals surface area contributed by atoms with E-state index in [1.165, 1.54) is 64.2 Å². The molecule has 63 heavy (non-hydrogen) atoms. The van der Waals surface area contributed by atoms with Gasteiger partial charge in [0.05, 0.1) is 32.0 Å². The SMILES string of the molecule is CCCCCC/C=C/C(O)C(COC1OC(CO)C(OC2OC(CO)C(O)C(O)C2O)C(O)C1O)NC(=O)CCCCCCCCCC/C=C\C/C=C\C/C=C\CCCCCCC. The predicted molar refractivity (Wildman–Crippen MR) is 244 cm³/mol. The predicted octanol–water partition coefficient (Wildman–Crippen LogP) is 5.71.